The molecule has 16 heavy (non-hydrogen) atoms. The van der Waals surface area contributed by atoms with Crippen molar-refractivity contribution in [2.24, 2.45) is 11.7 Å². The number of carbonyl (C=O) groups is 1. The van der Waals surface area contributed by atoms with Gasteiger partial charge < -0.3 is 10.6 Å². The Labute approximate surface area is 94.0 Å². The SMILES string of the molecule is CN(C(=O)C1CC(N)C1)c1ccccc1F. The van der Waals surface area contributed by atoms with Gasteiger partial charge in [0.2, 0.25) is 5.91 Å². The van der Waals surface area contributed by atoms with Crippen molar-refractivity contribution >= 4 is 11.6 Å². The van der Waals surface area contributed by atoms with Crippen LogP contribution in [-0.4, -0.2) is 19.0 Å². The predicted molar refractivity (Wildman–Crippen MR) is 60.5 cm³/mol. The van der Waals surface area contributed by atoms with Gasteiger partial charge in [-0.3, -0.25) is 4.79 Å². The van der Waals surface area contributed by atoms with E-state index < -0.39 is 0 Å². The molecule has 1 fully saturated rings. The molecule has 2 N–H and O–H groups in total. The minimum Gasteiger partial charge on any atom is -0.328 e. The normalized spacial score (nSPS) is 23.7. The standard InChI is InChI=1S/C12H15FN2O/c1-15(11-5-3-2-4-10(11)13)12(16)8-6-9(14)7-8/h2-5,8-9H,6-7,14H2,1H3. The largest absolute Gasteiger partial charge is 0.328 e. The summed E-state index contributed by atoms with van der Waals surface area (Å²) in [4.78, 5) is 13.3. The quantitative estimate of drug-likeness (QED) is 0.824. The van der Waals surface area contributed by atoms with Crippen LogP contribution in [0.2, 0.25) is 0 Å². The van der Waals surface area contributed by atoms with Crippen LogP contribution in [0.1, 0.15) is 12.8 Å². The number of carbonyl (C=O) groups excluding carboxylic acids is 1. The molecule has 0 bridgehead atoms. The van der Waals surface area contributed by atoms with Gasteiger partial charge in [-0.25, -0.2) is 4.39 Å². The molecule has 1 aliphatic carbocycles. The summed E-state index contributed by atoms with van der Waals surface area (Å²) in [6.07, 6.45) is 1.41. The van der Waals surface area contributed by atoms with Crippen LogP contribution < -0.4 is 10.6 Å². The lowest BCUT2D eigenvalue weighted by molar-refractivity contribution is -0.124. The monoisotopic (exact) mass is 222 g/mol. The number of benzene rings is 1. The second-order valence-corrected chi connectivity index (χ2v) is 4.28. The summed E-state index contributed by atoms with van der Waals surface area (Å²) in [6, 6.07) is 6.41. The van der Waals surface area contributed by atoms with Crippen molar-refractivity contribution in [2.45, 2.75) is 18.9 Å². The predicted octanol–water partition coefficient (Wildman–Crippen LogP) is 1.53. The molecule has 0 heterocycles. The van der Waals surface area contributed by atoms with Crippen molar-refractivity contribution in [1.29, 1.82) is 0 Å². The Bertz CT molecular complexity index is 402. The molecule has 0 unspecified atom stereocenters. The summed E-state index contributed by atoms with van der Waals surface area (Å²) < 4.78 is 13.4. The Morgan fingerprint density at radius 2 is 2.06 bits per heavy atom. The topological polar surface area (TPSA) is 46.3 Å². The molecule has 4 heteroatoms. The van der Waals surface area contributed by atoms with E-state index in [-0.39, 0.29) is 23.7 Å². The summed E-state index contributed by atoms with van der Waals surface area (Å²) in [5.74, 6) is -0.464. The first-order valence-electron chi connectivity index (χ1n) is 5.37. The Hall–Kier alpha value is -1.42. The third-order valence-corrected chi connectivity index (χ3v) is 3.07. The van der Waals surface area contributed by atoms with E-state index in [1.165, 1.54) is 11.0 Å². The smallest absolute Gasteiger partial charge is 0.230 e. The van der Waals surface area contributed by atoms with E-state index in [2.05, 4.69) is 0 Å². The molecular formula is C12H15FN2O. The van der Waals surface area contributed by atoms with Crippen molar-refractivity contribution in [3.8, 4) is 0 Å². The number of anilines is 1. The number of para-hydroxylation sites is 1. The van der Waals surface area contributed by atoms with Crippen molar-refractivity contribution in [1.82, 2.24) is 0 Å². The maximum absolute atomic E-state index is 13.4. The van der Waals surface area contributed by atoms with Crippen LogP contribution in [-0.2, 0) is 4.79 Å². The fraction of sp³-hybridized carbons (Fsp3) is 0.417. The zero-order chi connectivity index (χ0) is 11.7. The Kier molecular flexibility index (Phi) is 2.92. The molecule has 0 spiro atoms. The van der Waals surface area contributed by atoms with Gasteiger partial charge in [-0.15, -0.1) is 0 Å². The third kappa shape index (κ3) is 1.93. The number of nitrogens with zero attached hydrogens (tertiary/aromatic N) is 1. The van der Waals surface area contributed by atoms with Gasteiger partial charge in [0.15, 0.2) is 0 Å². The number of amides is 1. The molecule has 1 aliphatic rings. The van der Waals surface area contributed by atoms with Gasteiger partial charge in [0.05, 0.1) is 5.69 Å². The maximum Gasteiger partial charge on any atom is 0.230 e. The molecule has 3 nitrogen and oxygen atoms in total. The molecule has 0 radical (unpaired) electrons. The van der Waals surface area contributed by atoms with Crippen LogP contribution in [0.5, 0.6) is 0 Å². The van der Waals surface area contributed by atoms with Crippen molar-refractivity contribution in [2.75, 3.05) is 11.9 Å². The van der Waals surface area contributed by atoms with Crippen LogP contribution in [0, 0.1) is 11.7 Å². The highest BCUT2D eigenvalue weighted by molar-refractivity contribution is 5.95. The van der Waals surface area contributed by atoms with Crippen LogP contribution >= 0.6 is 0 Å². The molecule has 1 amide bonds. The minimum atomic E-state index is -0.373. The number of rotatable bonds is 2. The second-order valence-electron chi connectivity index (χ2n) is 4.28. The zero-order valence-corrected chi connectivity index (χ0v) is 9.19. The molecule has 0 atom stereocenters. The number of hydrogen-bond acceptors (Lipinski definition) is 2. The fourth-order valence-corrected chi connectivity index (χ4v) is 1.98. The highest BCUT2D eigenvalue weighted by Gasteiger charge is 2.34. The highest BCUT2D eigenvalue weighted by atomic mass is 19.1. The van der Waals surface area contributed by atoms with E-state index in [0.29, 0.717) is 18.5 Å². The van der Waals surface area contributed by atoms with E-state index in [9.17, 15) is 9.18 Å². The molecule has 1 aromatic rings. The van der Waals surface area contributed by atoms with Crippen LogP contribution in [0.3, 0.4) is 0 Å². The molecule has 0 aliphatic heterocycles. The summed E-state index contributed by atoms with van der Waals surface area (Å²) in [7, 11) is 1.60. The first-order valence-corrected chi connectivity index (χ1v) is 5.37. The zero-order valence-electron chi connectivity index (χ0n) is 9.19. The average molecular weight is 222 g/mol. The average Bonchev–Trinajstić information content (AvgIpc) is 2.24. The van der Waals surface area contributed by atoms with Crippen molar-refractivity contribution < 1.29 is 9.18 Å². The van der Waals surface area contributed by atoms with Crippen LogP contribution in [0.15, 0.2) is 24.3 Å². The van der Waals surface area contributed by atoms with Gasteiger partial charge in [-0.1, -0.05) is 12.1 Å². The molecule has 0 saturated heterocycles. The number of halogens is 1. The molecule has 1 saturated carbocycles. The van der Waals surface area contributed by atoms with E-state index in [0.717, 1.165) is 0 Å². The van der Waals surface area contributed by atoms with Gasteiger partial charge in [-0.05, 0) is 25.0 Å². The van der Waals surface area contributed by atoms with Gasteiger partial charge in [0, 0.05) is 19.0 Å². The van der Waals surface area contributed by atoms with E-state index in [4.69, 9.17) is 5.73 Å². The minimum absolute atomic E-state index is 0.0420. The van der Waals surface area contributed by atoms with Gasteiger partial charge in [0.1, 0.15) is 5.82 Å². The lowest BCUT2D eigenvalue weighted by Gasteiger charge is -2.34. The first kappa shape index (κ1) is 11.1. The number of hydrogen-bond donors (Lipinski definition) is 1. The van der Waals surface area contributed by atoms with Crippen molar-refractivity contribution in [3.63, 3.8) is 0 Å². The third-order valence-electron chi connectivity index (χ3n) is 3.07. The lowest BCUT2D eigenvalue weighted by Crippen LogP contribution is -2.45. The van der Waals surface area contributed by atoms with Crippen LogP contribution in [0.25, 0.3) is 0 Å². The number of nitrogens with two attached hydrogens (primary N) is 1. The second kappa shape index (κ2) is 4.22. The summed E-state index contributed by atoms with van der Waals surface area (Å²) in [6.45, 7) is 0. The first-order chi connectivity index (χ1) is 7.59. The van der Waals surface area contributed by atoms with E-state index in [1.807, 2.05) is 0 Å². The van der Waals surface area contributed by atoms with Gasteiger partial charge >= 0.3 is 0 Å². The molecule has 1 aromatic carbocycles. The Balaban J connectivity index is 2.10. The Morgan fingerprint density at radius 3 is 2.62 bits per heavy atom. The van der Waals surface area contributed by atoms with E-state index in [1.54, 1.807) is 25.2 Å². The fourth-order valence-electron chi connectivity index (χ4n) is 1.98. The molecule has 2 rings (SSSR count). The van der Waals surface area contributed by atoms with Gasteiger partial charge in [0.25, 0.3) is 0 Å². The lowest BCUT2D eigenvalue weighted by atomic mass is 9.80. The summed E-state index contributed by atoms with van der Waals surface area (Å²) >= 11 is 0. The van der Waals surface area contributed by atoms with Crippen molar-refractivity contribution in [3.05, 3.63) is 30.1 Å². The molecule has 0 aromatic heterocycles. The summed E-state index contributed by atoms with van der Waals surface area (Å²) in [5.41, 5.74) is 5.96. The molecule has 86 valence electrons. The molecular weight excluding hydrogens is 207 g/mol. The summed E-state index contributed by atoms with van der Waals surface area (Å²) in [5, 5.41) is 0. The van der Waals surface area contributed by atoms with E-state index >= 15 is 0 Å². The Morgan fingerprint density at radius 1 is 1.44 bits per heavy atom. The van der Waals surface area contributed by atoms with Gasteiger partial charge in [-0.2, -0.15) is 0 Å². The highest BCUT2D eigenvalue weighted by Crippen LogP contribution is 2.29. The maximum atomic E-state index is 13.4. The van der Waals surface area contributed by atoms with Crippen LogP contribution in [0.4, 0.5) is 10.1 Å².